The van der Waals surface area contributed by atoms with Gasteiger partial charge in [-0.2, -0.15) is 0 Å². The molecule has 0 aliphatic carbocycles. The molecule has 47 heavy (non-hydrogen) atoms. The van der Waals surface area contributed by atoms with Crippen molar-refractivity contribution in [2.24, 2.45) is 11.8 Å². The molecule has 0 spiro atoms. The van der Waals surface area contributed by atoms with Crippen LogP contribution >= 0.6 is 23.2 Å². The minimum Gasteiger partial charge on any atom is -0.481 e. The fraction of sp³-hybridized carbons (Fsp3) is 0.543. The van der Waals surface area contributed by atoms with Crippen LogP contribution in [-0.4, -0.2) is 83.5 Å². The van der Waals surface area contributed by atoms with Crippen molar-refractivity contribution in [3.63, 3.8) is 0 Å². The summed E-state index contributed by atoms with van der Waals surface area (Å²) in [6.45, 7) is 12.3. The highest BCUT2D eigenvalue weighted by Gasteiger charge is 2.40. The predicted molar refractivity (Wildman–Crippen MR) is 180 cm³/mol. The van der Waals surface area contributed by atoms with Crippen LogP contribution in [0.4, 0.5) is 9.59 Å². The number of likely N-dealkylation sites (tertiary alicyclic amines) is 2. The van der Waals surface area contributed by atoms with Gasteiger partial charge in [-0.15, -0.1) is 0 Å². The van der Waals surface area contributed by atoms with E-state index < -0.39 is 41.2 Å². The Hall–Kier alpha value is -3.50. The largest absolute Gasteiger partial charge is 0.481 e. The highest BCUT2D eigenvalue weighted by Crippen LogP contribution is 2.36. The van der Waals surface area contributed by atoms with Crippen molar-refractivity contribution in [1.29, 1.82) is 0 Å². The number of carboxylic acid groups (broad SMARTS) is 1. The van der Waals surface area contributed by atoms with E-state index in [0.29, 0.717) is 36.0 Å². The van der Waals surface area contributed by atoms with Crippen molar-refractivity contribution in [1.82, 2.24) is 9.80 Å². The third kappa shape index (κ3) is 11.3. The van der Waals surface area contributed by atoms with Gasteiger partial charge in [0.25, 0.3) is 0 Å². The Labute approximate surface area is 287 Å². The Balaban J connectivity index is 0.000000256. The van der Waals surface area contributed by atoms with Crippen molar-refractivity contribution in [3.05, 3.63) is 69.7 Å². The van der Waals surface area contributed by atoms with Crippen molar-refractivity contribution in [3.8, 4) is 0 Å². The monoisotopic (exact) mass is 692 g/mol. The van der Waals surface area contributed by atoms with Crippen LogP contribution in [0.25, 0.3) is 0 Å². The third-order valence-corrected chi connectivity index (χ3v) is 8.45. The number of methoxy groups -OCH3 is 1. The van der Waals surface area contributed by atoms with E-state index in [4.69, 9.17) is 37.4 Å². The van der Waals surface area contributed by atoms with Gasteiger partial charge in [0, 0.05) is 48.1 Å². The lowest BCUT2D eigenvalue weighted by atomic mass is 9.80. The maximum Gasteiger partial charge on any atom is 0.410 e. The molecule has 2 saturated heterocycles. The number of hydrogen-bond acceptors (Lipinski definition) is 7. The number of carbonyl (C=O) groups excluding carboxylic acids is 3. The van der Waals surface area contributed by atoms with E-state index in [1.807, 2.05) is 57.2 Å². The zero-order valence-corrected chi connectivity index (χ0v) is 29.6. The number of benzene rings is 2. The molecular formula is C35H46Cl2N2O8. The molecule has 12 heteroatoms. The first kappa shape index (κ1) is 38.0. The van der Waals surface area contributed by atoms with E-state index in [9.17, 15) is 24.3 Å². The van der Waals surface area contributed by atoms with Crippen LogP contribution in [0.15, 0.2) is 48.5 Å². The molecular weight excluding hydrogens is 647 g/mol. The standard InChI is InChI=1S/C18H24ClNO4.C17H22ClNO4/c1-18(2,3)24-17(22)20-10-9-14(15(11-20)16(21)23-4)12-5-7-13(19)8-6-12;1-17(2,3)23-16(22)19-9-8-13(14(10-19)15(20)21)11-4-6-12(18)7-5-11/h5-8,14-15H,9-11H2,1-4H3;4-7,13-14H,8-10H2,1-3H3,(H,20,21). The second-order valence-electron chi connectivity index (χ2n) is 13.8. The minimum absolute atomic E-state index is 0.00611. The average molecular weight is 694 g/mol. The number of aliphatic carboxylic acids is 1. The maximum atomic E-state index is 12.3. The van der Waals surface area contributed by atoms with Crippen LogP contribution < -0.4 is 0 Å². The van der Waals surface area contributed by atoms with E-state index in [-0.39, 0.29) is 30.9 Å². The molecule has 4 atom stereocenters. The van der Waals surface area contributed by atoms with Gasteiger partial charge in [-0.25, -0.2) is 9.59 Å². The molecule has 4 rings (SSSR count). The summed E-state index contributed by atoms with van der Waals surface area (Å²) < 4.78 is 15.7. The van der Waals surface area contributed by atoms with Crippen molar-refractivity contribution < 1.29 is 38.5 Å². The molecule has 2 amide bonds. The summed E-state index contributed by atoms with van der Waals surface area (Å²) in [6, 6.07) is 14.7. The molecule has 2 aromatic rings. The summed E-state index contributed by atoms with van der Waals surface area (Å²) in [5.41, 5.74) is 0.803. The number of carbonyl (C=O) groups is 4. The summed E-state index contributed by atoms with van der Waals surface area (Å²) >= 11 is 11.8. The van der Waals surface area contributed by atoms with Crippen molar-refractivity contribution >= 4 is 47.3 Å². The minimum atomic E-state index is -0.904. The number of carboxylic acids is 1. The van der Waals surface area contributed by atoms with Crippen LogP contribution in [0.2, 0.25) is 10.0 Å². The number of halogens is 2. The smallest absolute Gasteiger partial charge is 0.410 e. The highest BCUT2D eigenvalue weighted by molar-refractivity contribution is 6.30. The van der Waals surface area contributed by atoms with Gasteiger partial charge in [0.05, 0.1) is 18.9 Å². The van der Waals surface area contributed by atoms with E-state index in [0.717, 1.165) is 11.1 Å². The van der Waals surface area contributed by atoms with Gasteiger partial charge in [0.2, 0.25) is 0 Å². The Morgan fingerprint density at radius 2 is 1.04 bits per heavy atom. The summed E-state index contributed by atoms with van der Waals surface area (Å²) in [5, 5.41) is 10.8. The van der Waals surface area contributed by atoms with Gasteiger partial charge < -0.3 is 29.1 Å². The molecule has 0 saturated carbocycles. The molecule has 0 aromatic heterocycles. The summed E-state index contributed by atoms with van der Waals surface area (Å²) in [5.74, 6) is -2.44. The third-order valence-electron chi connectivity index (χ3n) is 7.95. The first-order valence-corrected chi connectivity index (χ1v) is 16.4. The fourth-order valence-corrected chi connectivity index (χ4v) is 6.00. The molecule has 10 nitrogen and oxygen atoms in total. The zero-order valence-electron chi connectivity index (χ0n) is 28.1. The summed E-state index contributed by atoms with van der Waals surface area (Å²) in [6.07, 6.45) is 0.391. The Kier molecular flexibility index (Phi) is 13.0. The number of ether oxygens (including phenoxy) is 3. The van der Waals surface area contributed by atoms with E-state index in [1.165, 1.54) is 12.0 Å². The zero-order chi connectivity index (χ0) is 35.1. The lowest BCUT2D eigenvalue weighted by Crippen LogP contribution is -2.47. The molecule has 2 fully saturated rings. The van der Waals surface area contributed by atoms with E-state index in [2.05, 4.69) is 0 Å². The Bertz CT molecular complexity index is 1390. The normalized spacial score (nSPS) is 21.6. The Morgan fingerprint density at radius 3 is 1.38 bits per heavy atom. The molecule has 258 valence electrons. The van der Waals surface area contributed by atoms with Gasteiger partial charge in [-0.1, -0.05) is 47.5 Å². The molecule has 0 radical (unpaired) electrons. The first-order valence-electron chi connectivity index (χ1n) is 15.7. The summed E-state index contributed by atoms with van der Waals surface area (Å²) in [4.78, 5) is 51.4. The van der Waals surface area contributed by atoms with E-state index in [1.54, 1.807) is 37.8 Å². The number of hydrogen-bond donors (Lipinski definition) is 1. The molecule has 2 aromatic carbocycles. The fourth-order valence-electron chi connectivity index (χ4n) is 5.75. The summed E-state index contributed by atoms with van der Waals surface area (Å²) in [7, 11) is 1.37. The lowest BCUT2D eigenvalue weighted by molar-refractivity contribution is -0.148. The quantitative estimate of drug-likeness (QED) is 0.257. The molecule has 2 aliphatic rings. The number of piperidine rings is 2. The second-order valence-corrected chi connectivity index (χ2v) is 14.7. The van der Waals surface area contributed by atoms with Gasteiger partial charge in [-0.3, -0.25) is 9.59 Å². The number of rotatable bonds is 4. The van der Waals surface area contributed by atoms with Gasteiger partial charge >= 0.3 is 24.1 Å². The Morgan fingerprint density at radius 1 is 0.681 bits per heavy atom. The SMILES string of the molecule is CC(C)(C)OC(=O)N1CCC(c2ccc(Cl)cc2)C(C(=O)O)C1.COC(=O)C1CN(C(=O)OC(C)(C)C)CCC1c1ccc(Cl)cc1. The molecule has 4 unspecified atom stereocenters. The van der Waals surface area contributed by atoms with Gasteiger partial charge in [0.15, 0.2) is 0 Å². The molecule has 1 N–H and O–H groups in total. The molecule has 0 bridgehead atoms. The topological polar surface area (TPSA) is 123 Å². The van der Waals surface area contributed by atoms with Crippen LogP contribution in [0.5, 0.6) is 0 Å². The molecule has 2 aliphatic heterocycles. The van der Waals surface area contributed by atoms with Gasteiger partial charge in [0.1, 0.15) is 11.2 Å². The van der Waals surface area contributed by atoms with Crippen molar-refractivity contribution in [2.75, 3.05) is 33.3 Å². The predicted octanol–water partition coefficient (Wildman–Crippen LogP) is 7.62. The van der Waals surface area contributed by atoms with Crippen LogP contribution in [0.1, 0.15) is 77.3 Å². The lowest BCUT2D eigenvalue weighted by Gasteiger charge is -2.37. The number of amides is 2. The average Bonchev–Trinajstić information content (AvgIpc) is 2.99. The van der Waals surface area contributed by atoms with Crippen LogP contribution in [0, 0.1) is 11.8 Å². The second kappa shape index (κ2) is 16.1. The highest BCUT2D eigenvalue weighted by atomic mass is 35.5. The van der Waals surface area contributed by atoms with Gasteiger partial charge in [-0.05, 0) is 89.8 Å². The number of nitrogens with zero attached hydrogens (tertiary/aromatic N) is 2. The van der Waals surface area contributed by atoms with Crippen LogP contribution in [0.3, 0.4) is 0 Å². The number of esters is 1. The van der Waals surface area contributed by atoms with E-state index >= 15 is 0 Å². The van der Waals surface area contributed by atoms with Crippen LogP contribution in [-0.2, 0) is 23.8 Å². The first-order chi connectivity index (χ1) is 21.9. The molecule has 2 heterocycles. The van der Waals surface area contributed by atoms with Crippen molar-refractivity contribution in [2.45, 2.75) is 77.4 Å². The maximum absolute atomic E-state index is 12.3.